The molecule has 0 amide bonds. The van der Waals surface area contributed by atoms with Crippen molar-refractivity contribution in [1.82, 2.24) is 19.5 Å². The van der Waals surface area contributed by atoms with Crippen molar-refractivity contribution in [3.8, 4) is 22.6 Å². The Hall–Kier alpha value is -4.33. The highest BCUT2D eigenvalue weighted by molar-refractivity contribution is 5.79. The molecule has 1 aliphatic heterocycles. The predicted molar refractivity (Wildman–Crippen MR) is 153 cm³/mol. The van der Waals surface area contributed by atoms with Gasteiger partial charge in [0.15, 0.2) is 0 Å². The number of carbonyl (C=O) groups excluding carboxylic acids is 1. The Bertz CT molecular complexity index is 1410. The SMILES string of the molecule is CC.CC(C)c1nc(-c2ccc(F)cc2)c(-c2ccnc(Nc3ccccc3)n2)n1/C=C/C1CCCC(=O)O1. The molecule has 0 radical (unpaired) electrons. The molecule has 5 rings (SSSR count). The quantitative estimate of drug-likeness (QED) is 0.249. The molecule has 1 fully saturated rings. The molecule has 4 aromatic rings. The number of imidazole rings is 1. The van der Waals surface area contributed by atoms with Crippen molar-refractivity contribution in [2.45, 2.75) is 59.0 Å². The fourth-order valence-corrected chi connectivity index (χ4v) is 4.32. The standard InChI is InChI=1S/C29H28FN5O2.C2H6/c1-19(2)28-34-26(20-11-13-21(30)14-12-20)27(35(28)18-16-23-9-6-10-25(36)37-23)24-15-17-31-29(33-24)32-22-7-4-3-5-8-22;1-2/h3-5,7-8,11-19,23H,6,9-10H2,1-2H3,(H,31,32,33);1-2H3/b18-16+;. The van der Waals surface area contributed by atoms with Crippen LogP contribution in [0.1, 0.15) is 58.7 Å². The number of nitrogens with zero attached hydrogens (tertiary/aromatic N) is 4. The number of halogens is 1. The fourth-order valence-electron chi connectivity index (χ4n) is 4.32. The molecule has 0 spiro atoms. The van der Waals surface area contributed by atoms with Crippen LogP contribution in [0.15, 0.2) is 72.9 Å². The fraction of sp³-hybridized carbons (Fsp3) is 0.290. The van der Waals surface area contributed by atoms with E-state index in [0.29, 0.717) is 23.8 Å². The molecule has 202 valence electrons. The Morgan fingerprint density at radius 1 is 1.05 bits per heavy atom. The van der Waals surface area contributed by atoms with Gasteiger partial charge in [-0.05, 0) is 61.4 Å². The lowest BCUT2D eigenvalue weighted by molar-refractivity contribution is -0.150. The second-order valence-electron chi connectivity index (χ2n) is 9.22. The van der Waals surface area contributed by atoms with Gasteiger partial charge in [-0.3, -0.25) is 4.79 Å². The number of para-hydroxylation sites is 1. The number of carbonyl (C=O) groups is 1. The molecule has 3 heterocycles. The molecule has 0 aliphatic carbocycles. The molecular formula is C31H34FN5O2. The first-order chi connectivity index (χ1) is 19.0. The van der Waals surface area contributed by atoms with Gasteiger partial charge in [0.05, 0.1) is 17.1 Å². The molecule has 2 aromatic heterocycles. The van der Waals surface area contributed by atoms with Crippen molar-refractivity contribution in [3.63, 3.8) is 0 Å². The van der Waals surface area contributed by atoms with Gasteiger partial charge in [0.25, 0.3) is 0 Å². The molecule has 0 saturated carbocycles. The number of anilines is 2. The van der Waals surface area contributed by atoms with E-state index < -0.39 is 0 Å². The molecule has 1 aliphatic rings. The first kappa shape index (κ1) is 27.7. The maximum atomic E-state index is 13.7. The van der Waals surface area contributed by atoms with Gasteiger partial charge in [-0.1, -0.05) is 45.9 Å². The highest BCUT2D eigenvalue weighted by Gasteiger charge is 2.23. The average molecular weight is 528 g/mol. The number of hydrogen-bond donors (Lipinski definition) is 1. The van der Waals surface area contributed by atoms with E-state index in [1.807, 2.05) is 67.1 Å². The van der Waals surface area contributed by atoms with Crippen LogP contribution in [-0.4, -0.2) is 31.6 Å². The number of nitrogens with one attached hydrogen (secondary N) is 1. The molecule has 1 saturated heterocycles. The van der Waals surface area contributed by atoms with E-state index in [4.69, 9.17) is 14.7 Å². The minimum Gasteiger partial charge on any atom is -0.458 e. The third-order valence-electron chi connectivity index (χ3n) is 6.10. The number of rotatable bonds is 7. The molecule has 2 aromatic carbocycles. The Kier molecular flexibility index (Phi) is 9.20. The summed E-state index contributed by atoms with van der Waals surface area (Å²) in [5.74, 6) is 0.830. The van der Waals surface area contributed by atoms with Crippen LogP contribution in [0.2, 0.25) is 0 Å². The first-order valence-electron chi connectivity index (χ1n) is 13.4. The molecule has 1 N–H and O–H groups in total. The van der Waals surface area contributed by atoms with Crippen LogP contribution in [0.4, 0.5) is 16.0 Å². The summed E-state index contributed by atoms with van der Waals surface area (Å²) in [4.78, 5) is 26.0. The van der Waals surface area contributed by atoms with E-state index in [1.165, 1.54) is 12.1 Å². The third kappa shape index (κ3) is 6.76. The predicted octanol–water partition coefficient (Wildman–Crippen LogP) is 7.61. The average Bonchev–Trinajstić information content (AvgIpc) is 3.34. The molecule has 0 bridgehead atoms. The normalized spacial score (nSPS) is 15.1. The van der Waals surface area contributed by atoms with Crippen LogP contribution in [0.5, 0.6) is 0 Å². The van der Waals surface area contributed by atoms with Gasteiger partial charge in [-0.15, -0.1) is 0 Å². The van der Waals surface area contributed by atoms with Crippen LogP contribution in [-0.2, 0) is 9.53 Å². The molecular weight excluding hydrogens is 493 g/mol. The van der Waals surface area contributed by atoms with Crippen LogP contribution in [0.3, 0.4) is 0 Å². The van der Waals surface area contributed by atoms with Crippen molar-refractivity contribution < 1.29 is 13.9 Å². The summed E-state index contributed by atoms with van der Waals surface area (Å²) in [5.41, 5.74) is 3.71. The van der Waals surface area contributed by atoms with Gasteiger partial charge in [0.1, 0.15) is 17.7 Å². The molecule has 8 heteroatoms. The monoisotopic (exact) mass is 527 g/mol. The van der Waals surface area contributed by atoms with Gasteiger partial charge in [-0.2, -0.15) is 0 Å². The second-order valence-corrected chi connectivity index (χ2v) is 9.22. The first-order valence-corrected chi connectivity index (χ1v) is 13.4. The zero-order valence-corrected chi connectivity index (χ0v) is 22.8. The van der Waals surface area contributed by atoms with Crippen LogP contribution >= 0.6 is 0 Å². The van der Waals surface area contributed by atoms with Crippen molar-refractivity contribution in [2.24, 2.45) is 0 Å². The number of aromatic nitrogens is 4. The van der Waals surface area contributed by atoms with Gasteiger partial charge in [0.2, 0.25) is 5.95 Å². The van der Waals surface area contributed by atoms with Crippen LogP contribution in [0.25, 0.3) is 28.8 Å². The van der Waals surface area contributed by atoms with Gasteiger partial charge < -0.3 is 14.6 Å². The summed E-state index contributed by atoms with van der Waals surface area (Å²) in [6.45, 7) is 8.13. The lowest BCUT2D eigenvalue weighted by Gasteiger charge is -2.19. The van der Waals surface area contributed by atoms with E-state index in [9.17, 15) is 9.18 Å². The second kappa shape index (κ2) is 13.0. The zero-order chi connectivity index (χ0) is 27.8. The molecule has 39 heavy (non-hydrogen) atoms. The topological polar surface area (TPSA) is 81.9 Å². The summed E-state index contributed by atoms with van der Waals surface area (Å²) in [6.07, 6.45) is 7.21. The highest BCUT2D eigenvalue weighted by Crippen LogP contribution is 2.35. The van der Waals surface area contributed by atoms with Crippen molar-refractivity contribution in [3.05, 3.63) is 84.6 Å². The van der Waals surface area contributed by atoms with Crippen LogP contribution < -0.4 is 5.32 Å². The summed E-state index contributed by atoms with van der Waals surface area (Å²) < 4.78 is 21.2. The lowest BCUT2D eigenvalue weighted by atomic mass is 10.1. The number of hydrogen-bond acceptors (Lipinski definition) is 6. The van der Waals surface area contributed by atoms with E-state index in [1.54, 1.807) is 18.3 Å². The third-order valence-corrected chi connectivity index (χ3v) is 6.10. The Labute approximate surface area is 228 Å². The van der Waals surface area contributed by atoms with Gasteiger partial charge in [0, 0.05) is 36.0 Å². The zero-order valence-electron chi connectivity index (χ0n) is 22.8. The maximum Gasteiger partial charge on any atom is 0.306 e. The highest BCUT2D eigenvalue weighted by atomic mass is 19.1. The largest absolute Gasteiger partial charge is 0.458 e. The molecule has 1 atom stereocenters. The van der Waals surface area contributed by atoms with Gasteiger partial charge >= 0.3 is 5.97 Å². The number of cyclic esters (lactones) is 1. The Morgan fingerprint density at radius 2 is 1.79 bits per heavy atom. The molecule has 1 unspecified atom stereocenters. The maximum absolute atomic E-state index is 13.7. The summed E-state index contributed by atoms with van der Waals surface area (Å²) in [5, 5.41) is 3.24. The van der Waals surface area contributed by atoms with Crippen LogP contribution in [0, 0.1) is 5.82 Å². The minimum atomic E-state index is -0.316. The summed E-state index contributed by atoms with van der Waals surface area (Å²) in [6, 6.07) is 17.8. The van der Waals surface area contributed by atoms with E-state index in [-0.39, 0.29) is 23.8 Å². The van der Waals surface area contributed by atoms with E-state index in [2.05, 4.69) is 24.1 Å². The van der Waals surface area contributed by atoms with Crippen molar-refractivity contribution in [2.75, 3.05) is 5.32 Å². The number of esters is 1. The number of benzene rings is 2. The molecule has 7 nitrogen and oxygen atoms in total. The van der Waals surface area contributed by atoms with Crippen molar-refractivity contribution >= 4 is 23.8 Å². The summed E-state index contributed by atoms with van der Waals surface area (Å²) >= 11 is 0. The smallest absolute Gasteiger partial charge is 0.306 e. The number of ether oxygens (including phenoxy) is 1. The van der Waals surface area contributed by atoms with E-state index in [0.717, 1.165) is 35.6 Å². The van der Waals surface area contributed by atoms with Crippen molar-refractivity contribution in [1.29, 1.82) is 0 Å². The lowest BCUT2D eigenvalue weighted by Crippen LogP contribution is -2.21. The summed E-state index contributed by atoms with van der Waals surface area (Å²) in [7, 11) is 0. The Balaban J connectivity index is 0.00000172. The minimum absolute atomic E-state index is 0.0789. The Morgan fingerprint density at radius 3 is 2.49 bits per heavy atom. The van der Waals surface area contributed by atoms with E-state index >= 15 is 0 Å². The van der Waals surface area contributed by atoms with Gasteiger partial charge in [-0.25, -0.2) is 19.3 Å².